The van der Waals surface area contributed by atoms with Gasteiger partial charge in [-0.25, -0.2) is 9.98 Å². The van der Waals surface area contributed by atoms with E-state index in [9.17, 15) is 0 Å². The summed E-state index contributed by atoms with van der Waals surface area (Å²) in [6, 6.07) is 47.7. The maximum Gasteiger partial charge on any atom is 0.121 e. The predicted octanol–water partition coefficient (Wildman–Crippen LogP) is 8.03. The van der Waals surface area contributed by atoms with Crippen LogP contribution in [0.5, 0.6) is 0 Å². The van der Waals surface area contributed by atoms with Gasteiger partial charge in [-0.2, -0.15) is 0 Å². The number of nitrogens with zero attached hydrogens (tertiary/aromatic N) is 2. The van der Waals surface area contributed by atoms with Gasteiger partial charge in [-0.05, 0) is 66.4 Å². The van der Waals surface area contributed by atoms with Gasteiger partial charge in [0.15, 0.2) is 0 Å². The van der Waals surface area contributed by atoms with Crippen molar-refractivity contribution in [2.24, 2.45) is 9.98 Å². The molecular weight excluding hydrogens is 460 g/mol. The minimum absolute atomic E-state index is 0.678. The molecule has 0 N–H and O–H groups in total. The van der Waals surface area contributed by atoms with Crippen molar-refractivity contribution >= 4 is 22.8 Å². The second kappa shape index (κ2) is 12.5. The van der Waals surface area contributed by atoms with Crippen molar-refractivity contribution in [1.82, 2.24) is 0 Å². The van der Waals surface area contributed by atoms with Crippen LogP contribution in [-0.4, -0.2) is 11.4 Å². The maximum absolute atomic E-state index is 4.89. The Morgan fingerprint density at radius 1 is 0.395 bits per heavy atom. The molecule has 5 rings (SSSR count). The molecule has 5 aromatic rings. The third-order valence-electron chi connectivity index (χ3n) is 5.60. The highest BCUT2D eigenvalue weighted by atomic mass is 14.7. The summed E-state index contributed by atoms with van der Waals surface area (Å²) >= 11 is 0. The first-order valence-corrected chi connectivity index (χ1v) is 12.4. The summed E-state index contributed by atoms with van der Waals surface area (Å²) in [6.07, 6.45) is 0. The smallest absolute Gasteiger partial charge is 0.121 e. The fourth-order valence-electron chi connectivity index (χ4n) is 3.71. The molecule has 0 aliphatic rings. The highest BCUT2D eigenvalue weighted by Crippen LogP contribution is 2.17. The van der Waals surface area contributed by atoms with Crippen molar-refractivity contribution in [3.63, 3.8) is 0 Å². The average molecular weight is 485 g/mol. The average Bonchev–Trinajstić information content (AvgIpc) is 2.99. The minimum Gasteiger partial charge on any atom is -0.239 e. The van der Waals surface area contributed by atoms with Crippen LogP contribution in [0.15, 0.2) is 156 Å². The zero-order chi connectivity index (χ0) is 25.8. The molecule has 0 aliphatic carbocycles. The number of benzene rings is 5. The normalized spacial score (nSPS) is 11.1. The quantitative estimate of drug-likeness (QED) is 0.182. The number of rotatable bonds is 4. The molecule has 0 atom stereocenters. The number of aliphatic imine (C=N–C) groups is 2. The maximum atomic E-state index is 4.89. The molecule has 0 radical (unpaired) electrons. The van der Waals surface area contributed by atoms with Crippen LogP contribution in [0, 0.1) is 23.7 Å². The van der Waals surface area contributed by atoms with E-state index in [2.05, 4.69) is 29.7 Å². The Labute approximate surface area is 224 Å². The molecule has 0 spiro atoms. The van der Waals surface area contributed by atoms with E-state index in [1.54, 1.807) is 0 Å². The number of hydrogen-bond donors (Lipinski definition) is 0. The molecule has 0 fully saturated rings. The van der Waals surface area contributed by atoms with E-state index in [4.69, 9.17) is 9.98 Å². The second-order valence-electron chi connectivity index (χ2n) is 8.40. The molecule has 0 saturated heterocycles. The van der Waals surface area contributed by atoms with Gasteiger partial charge in [0.05, 0.1) is 11.4 Å². The fourth-order valence-corrected chi connectivity index (χ4v) is 3.71. The molecule has 0 saturated carbocycles. The topological polar surface area (TPSA) is 24.7 Å². The van der Waals surface area contributed by atoms with Gasteiger partial charge in [0.1, 0.15) is 11.4 Å². The van der Waals surface area contributed by atoms with Crippen LogP contribution in [0.3, 0.4) is 0 Å². The Kier molecular flexibility index (Phi) is 7.98. The van der Waals surface area contributed by atoms with E-state index in [0.717, 1.165) is 33.6 Å². The van der Waals surface area contributed by atoms with Gasteiger partial charge >= 0.3 is 0 Å². The fraction of sp³-hybridized carbons (Fsp3) is 0. The van der Waals surface area contributed by atoms with E-state index in [-0.39, 0.29) is 0 Å². The van der Waals surface area contributed by atoms with Crippen LogP contribution >= 0.6 is 0 Å². The highest BCUT2D eigenvalue weighted by molar-refractivity contribution is 6.18. The van der Waals surface area contributed by atoms with Crippen molar-refractivity contribution in [2.45, 2.75) is 0 Å². The van der Waals surface area contributed by atoms with Gasteiger partial charge in [0.25, 0.3) is 0 Å². The Hall–Kier alpha value is -5.44. The summed E-state index contributed by atoms with van der Waals surface area (Å²) in [6.45, 7) is 0. The summed E-state index contributed by atoms with van der Waals surface area (Å²) < 4.78 is 0. The van der Waals surface area contributed by atoms with Crippen molar-refractivity contribution in [2.75, 3.05) is 0 Å². The molecule has 0 bridgehead atoms. The molecular formula is C36H24N2. The molecule has 0 aliphatic heterocycles. The second-order valence-corrected chi connectivity index (χ2v) is 8.40. The van der Waals surface area contributed by atoms with Crippen molar-refractivity contribution in [1.29, 1.82) is 0 Å². The Balaban J connectivity index is 1.59. The lowest BCUT2D eigenvalue weighted by Gasteiger charge is -2.06. The van der Waals surface area contributed by atoms with E-state index in [0.29, 0.717) is 11.4 Å². The van der Waals surface area contributed by atoms with Crippen LogP contribution in [-0.2, 0) is 0 Å². The summed E-state index contributed by atoms with van der Waals surface area (Å²) in [5, 5.41) is 0. The van der Waals surface area contributed by atoms with Crippen LogP contribution in [0.1, 0.15) is 22.3 Å². The van der Waals surface area contributed by atoms with Crippen molar-refractivity contribution < 1.29 is 0 Å². The third-order valence-corrected chi connectivity index (χ3v) is 5.60. The summed E-state index contributed by atoms with van der Waals surface area (Å²) in [4.78, 5) is 9.78. The molecule has 0 amide bonds. The molecule has 0 aromatic heterocycles. The SMILES string of the molecule is C(#Cc1ccccc1)C(=Nc1ccccc1)c1cccc(C(C#Cc2ccccc2)=Nc2ccccc2)c1. The zero-order valence-corrected chi connectivity index (χ0v) is 20.8. The number of para-hydroxylation sites is 2. The van der Waals surface area contributed by atoms with Crippen molar-refractivity contribution in [3.05, 3.63) is 168 Å². The first kappa shape index (κ1) is 24.3. The van der Waals surface area contributed by atoms with E-state index < -0.39 is 0 Å². The Bertz CT molecular complexity index is 1550. The highest BCUT2D eigenvalue weighted by Gasteiger charge is 2.07. The minimum atomic E-state index is 0.678. The van der Waals surface area contributed by atoms with Crippen LogP contribution in [0.4, 0.5) is 11.4 Å². The molecule has 2 nitrogen and oxygen atoms in total. The number of hydrogen-bond acceptors (Lipinski definition) is 2. The van der Waals surface area contributed by atoms with E-state index >= 15 is 0 Å². The Morgan fingerprint density at radius 3 is 1.16 bits per heavy atom. The molecule has 0 heterocycles. The van der Waals surface area contributed by atoms with Gasteiger partial charge in [-0.15, -0.1) is 0 Å². The largest absolute Gasteiger partial charge is 0.239 e. The van der Waals surface area contributed by atoms with Gasteiger partial charge in [-0.3, -0.25) is 0 Å². The standard InChI is InChI=1S/C36H24N2/c1-5-14-29(15-6-1)24-26-35(37-33-20-9-3-10-21-33)31-18-13-19-32(28-31)36(38-34-22-11-4-12-23-34)27-25-30-16-7-2-8-17-30/h1-23,28H. The lowest BCUT2D eigenvalue weighted by atomic mass is 10.0. The van der Waals surface area contributed by atoms with Crippen LogP contribution in [0.2, 0.25) is 0 Å². The van der Waals surface area contributed by atoms with Crippen LogP contribution < -0.4 is 0 Å². The zero-order valence-electron chi connectivity index (χ0n) is 20.8. The molecule has 38 heavy (non-hydrogen) atoms. The van der Waals surface area contributed by atoms with E-state index in [1.807, 2.05) is 140 Å². The van der Waals surface area contributed by atoms with E-state index in [1.165, 1.54) is 0 Å². The summed E-state index contributed by atoms with van der Waals surface area (Å²) in [5.74, 6) is 13.1. The first-order valence-electron chi connectivity index (χ1n) is 12.4. The predicted molar refractivity (Wildman–Crippen MR) is 158 cm³/mol. The first-order chi connectivity index (χ1) is 18.8. The third kappa shape index (κ3) is 6.82. The summed E-state index contributed by atoms with van der Waals surface area (Å²) in [7, 11) is 0. The van der Waals surface area contributed by atoms with Gasteiger partial charge in [-0.1, -0.05) is 103 Å². The Morgan fingerprint density at radius 2 is 0.763 bits per heavy atom. The molecule has 5 aromatic carbocycles. The molecule has 0 unspecified atom stereocenters. The lowest BCUT2D eigenvalue weighted by Crippen LogP contribution is -2.03. The van der Waals surface area contributed by atoms with Gasteiger partial charge in [0, 0.05) is 22.3 Å². The van der Waals surface area contributed by atoms with Crippen LogP contribution in [0.25, 0.3) is 0 Å². The van der Waals surface area contributed by atoms with Gasteiger partial charge < -0.3 is 0 Å². The van der Waals surface area contributed by atoms with Gasteiger partial charge in [0.2, 0.25) is 0 Å². The summed E-state index contributed by atoms with van der Waals surface area (Å²) in [5.41, 5.74) is 6.71. The monoisotopic (exact) mass is 484 g/mol. The molecule has 178 valence electrons. The molecule has 2 heteroatoms. The van der Waals surface area contributed by atoms with Crippen molar-refractivity contribution in [3.8, 4) is 23.7 Å². The lowest BCUT2D eigenvalue weighted by molar-refractivity contribution is 1.49.